The summed E-state index contributed by atoms with van der Waals surface area (Å²) in [5.74, 6) is -0.194. The summed E-state index contributed by atoms with van der Waals surface area (Å²) in [5, 5.41) is 0.586. The Bertz CT molecular complexity index is 383. The number of nitrogens with zero attached hydrogens (tertiary/aromatic N) is 2. The first-order valence-corrected chi connectivity index (χ1v) is 5.86. The second-order valence-corrected chi connectivity index (χ2v) is 4.84. The van der Waals surface area contributed by atoms with E-state index >= 15 is 0 Å². The molecule has 2 nitrogen and oxygen atoms in total. The molecule has 0 amide bonds. The van der Waals surface area contributed by atoms with Gasteiger partial charge in [0.1, 0.15) is 5.82 Å². The van der Waals surface area contributed by atoms with E-state index in [1.165, 1.54) is 6.07 Å². The van der Waals surface area contributed by atoms with Crippen LogP contribution in [0.5, 0.6) is 0 Å². The minimum atomic E-state index is -0.194. The fourth-order valence-electron chi connectivity index (χ4n) is 2.20. The first kappa shape index (κ1) is 11.7. The lowest BCUT2D eigenvalue weighted by Gasteiger charge is -2.39. The minimum Gasteiger partial charge on any atom is -0.364 e. The van der Waals surface area contributed by atoms with Crippen molar-refractivity contribution < 1.29 is 4.39 Å². The van der Waals surface area contributed by atoms with Gasteiger partial charge in [-0.15, -0.1) is 0 Å². The molecule has 88 valence electrons. The molecule has 0 radical (unpaired) electrons. The largest absolute Gasteiger partial charge is 0.364 e. The molecule has 0 saturated carbocycles. The van der Waals surface area contributed by atoms with Gasteiger partial charge in [0.25, 0.3) is 0 Å². The highest BCUT2D eigenvalue weighted by molar-refractivity contribution is 6.30. The van der Waals surface area contributed by atoms with Gasteiger partial charge in [-0.05, 0) is 32.2 Å². The fourth-order valence-corrected chi connectivity index (χ4v) is 2.37. The zero-order valence-electron chi connectivity index (χ0n) is 9.58. The van der Waals surface area contributed by atoms with Crippen LogP contribution in [0.4, 0.5) is 10.1 Å². The van der Waals surface area contributed by atoms with E-state index in [-0.39, 0.29) is 5.82 Å². The van der Waals surface area contributed by atoms with Gasteiger partial charge in [-0.1, -0.05) is 11.6 Å². The van der Waals surface area contributed by atoms with Crippen molar-refractivity contribution in [2.75, 3.05) is 31.6 Å². The van der Waals surface area contributed by atoms with Crippen molar-refractivity contribution in [1.82, 2.24) is 4.90 Å². The van der Waals surface area contributed by atoms with Crippen molar-refractivity contribution in [2.24, 2.45) is 0 Å². The molecule has 2 rings (SSSR count). The van der Waals surface area contributed by atoms with Crippen LogP contribution in [0.1, 0.15) is 6.92 Å². The Hall–Kier alpha value is -0.800. The highest BCUT2D eigenvalue weighted by atomic mass is 35.5. The van der Waals surface area contributed by atoms with E-state index in [1.54, 1.807) is 12.1 Å². The SMILES string of the molecule is C[C@@H]1CN(C)CCN1c1cc(Cl)ccc1F. The standard InChI is InChI=1S/C12H16ClFN2/c1-9-8-15(2)5-6-16(9)12-7-10(13)3-4-11(12)14/h3-4,7,9H,5-6,8H2,1-2H3/t9-/m1/s1. The van der Waals surface area contributed by atoms with Gasteiger partial charge in [-0.3, -0.25) is 0 Å². The van der Waals surface area contributed by atoms with E-state index in [4.69, 9.17) is 11.6 Å². The molecular formula is C12H16ClFN2. The van der Waals surface area contributed by atoms with Crippen molar-refractivity contribution in [3.05, 3.63) is 29.0 Å². The molecule has 1 aromatic rings. The van der Waals surface area contributed by atoms with E-state index < -0.39 is 0 Å². The van der Waals surface area contributed by atoms with Gasteiger partial charge in [0.15, 0.2) is 0 Å². The Morgan fingerprint density at radius 1 is 1.38 bits per heavy atom. The van der Waals surface area contributed by atoms with Crippen LogP contribution in [0.2, 0.25) is 5.02 Å². The molecule has 1 fully saturated rings. The Balaban J connectivity index is 2.26. The molecule has 1 atom stereocenters. The van der Waals surface area contributed by atoms with E-state index in [1.807, 2.05) is 0 Å². The van der Waals surface area contributed by atoms with Crippen molar-refractivity contribution >= 4 is 17.3 Å². The molecule has 0 aliphatic carbocycles. The van der Waals surface area contributed by atoms with Crippen LogP contribution in [0.3, 0.4) is 0 Å². The van der Waals surface area contributed by atoms with Gasteiger partial charge >= 0.3 is 0 Å². The predicted octanol–water partition coefficient (Wildman–Crippen LogP) is 2.62. The van der Waals surface area contributed by atoms with Crippen LogP contribution in [0.25, 0.3) is 0 Å². The number of hydrogen-bond donors (Lipinski definition) is 0. The van der Waals surface area contributed by atoms with E-state index in [2.05, 4.69) is 23.8 Å². The Kier molecular flexibility index (Phi) is 3.36. The smallest absolute Gasteiger partial charge is 0.146 e. The van der Waals surface area contributed by atoms with E-state index in [9.17, 15) is 4.39 Å². The molecule has 0 aromatic heterocycles. The molecule has 16 heavy (non-hydrogen) atoms. The number of rotatable bonds is 1. The lowest BCUT2D eigenvalue weighted by atomic mass is 10.1. The molecule has 1 heterocycles. The first-order valence-electron chi connectivity index (χ1n) is 5.48. The third kappa shape index (κ3) is 2.30. The summed E-state index contributed by atoms with van der Waals surface area (Å²) in [6, 6.07) is 5.04. The number of piperazine rings is 1. The normalized spacial score (nSPS) is 22.5. The zero-order chi connectivity index (χ0) is 11.7. The number of halogens is 2. The second-order valence-electron chi connectivity index (χ2n) is 4.40. The van der Waals surface area contributed by atoms with Gasteiger partial charge in [0, 0.05) is 30.7 Å². The summed E-state index contributed by atoms with van der Waals surface area (Å²) < 4.78 is 13.7. The highest BCUT2D eigenvalue weighted by Gasteiger charge is 2.23. The maximum atomic E-state index is 13.7. The summed E-state index contributed by atoms with van der Waals surface area (Å²) >= 11 is 5.91. The maximum absolute atomic E-state index is 13.7. The van der Waals surface area contributed by atoms with Gasteiger partial charge in [0.2, 0.25) is 0 Å². The summed E-state index contributed by atoms with van der Waals surface area (Å²) in [7, 11) is 2.09. The summed E-state index contributed by atoms with van der Waals surface area (Å²) in [6.07, 6.45) is 0. The molecule has 1 aromatic carbocycles. The molecular weight excluding hydrogens is 227 g/mol. The number of likely N-dealkylation sites (N-methyl/N-ethyl adjacent to an activating group) is 1. The van der Waals surface area contributed by atoms with Crippen molar-refractivity contribution in [1.29, 1.82) is 0 Å². The van der Waals surface area contributed by atoms with E-state index in [0.29, 0.717) is 16.8 Å². The molecule has 0 unspecified atom stereocenters. The Morgan fingerprint density at radius 2 is 2.12 bits per heavy atom. The molecule has 1 saturated heterocycles. The van der Waals surface area contributed by atoms with Crippen molar-refractivity contribution in [2.45, 2.75) is 13.0 Å². The monoisotopic (exact) mass is 242 g/mol. The average molecular weight is 243 g/mol. The molecule has 0 spiro atoms. The third-order valence-electron chi connectivity index (χ3n) is 3.05. The number of hydrogen-bond acceptors (Lipinski definition) is 2. The fraction of sp³-hybridized carbons (Fsp3) is 0.500. The molecule has 0 bridgehead atoms. The van der Waals surface area contributed by atoms with Crippen LogP contribution in [-0.2, 0) is 0 Å². The number of anilines is 1. The van der Waals surface area contributed by atoms with Gasteiger partial charge in [0.05, 0.1) is 5.69 Å². The van der Waals surface area contributed by atoms with Crippen LogP contribution in [0, 0.1) is 5.82 Å². The predicted molar refractivity (Wildman–Crippen MR) is 65.7 cm³/mol. The molecule has 4 heteroatoms. The van der Waals surface area contributed by atoms with Crippen molar-refractivity contribution in [3.8, 4) is 0 Å². The zero-order valence-corrected chi connectivity index (χ0v) is 10.3. The number of benzene rings is 1. The average Bonchev–Trinajstić information content (AvgIpc) is 2.22. The Labute approximate surface area is 101 Å². The van der Waals surface area contributed by atoms with Gasteiger partial charge in [-0.2, -0.15) is 0 Å². The molecule has 1 aliphatic rings. The van der Waals surface area contributed by atoms with Gasteiger partial charge < -0.3 is 9.80 Å². The minimum absolute atomic E-state index is 0.194. The maximum Gasteiger partial charge on any atom is 0.146 e. The van der Waals surface area contributed by atoms with Crippen LogP contribution >= 0.6 is 11.6 Å². The summed E-state index contributed by atoms with van der Waals surface area (Å²) in [4.78, 5) is 4.34. The van der Waals surface area contributed by atoms with E-state index in [0.717, 1.165) is 19.6 Å². The second kappa shape index (κ2) is 4.60. The molecule has 0 N–H and O–H groups in total. The molecule has 1 aliphatic heterocycles. The lowest BCUT2D eigenvalue weighted by molar-refractivity contribution is 0.274. The van der Waals surface area contributed by atoms with Crippen molar-refractivity contribution in [3.63, 3.8) is 0 Å². The van der Waals surface area contributed by atoms with Crippen LogP contribution < -0.4 is 4.90 Å². The lowest BCUT2D eigenvalue weighted by Crippen LogP contribution is -2.50. The third-order valence-corrected chi connectivity index (χ3v) is 3.28. The van der Waals surface area contributed by atoms with Crippen LogP contribution in [-0.4, -0.2) is 37.6 Å². The quantitative estimate of drug-likeness (QED) is 0.747. The van der Waals surface area contributed by atoms with Gasteiger partial charge in [-0.25, -0.2) is 4.39 Å². The topological polar surface area (TPSA) is 6.48 Å². The first-order chi connectivity index (χ1) is 7.58. The summed E-state index contributed by atoms with van der Waals surface area (Å²) in [5.41, 5.74) is 0.619. The Morgan fingerprint density at radius 3 is 2.81 bits per heavy atom. The summed E-state index contributed by atoms with van der Waals surface area (Å²) in [6.45, 7) is 4.85. The highest BCUT2D eigenvalue weighted by Crippen LogP contribution is 2.26. The van der Waals surface area contributed by atoms with Crippen LogP contribution in [0.15, 0.2) is 18.2 Å².